The van der Waals surface area contributed by atoms with Gasteiger partial charge in [0.25, 0.3) is 0 Å². The van der Waals surface area contributed by atoms with Crippen LogP contribution in [-0.4, -0.2) is 11.6 Å². The molecule has 1 fully saturated rings. The van der Waals surface area contributed by atoms with Gasteiger partial charge < -0.3 is 10.5 Å². The average Bonchev–Trinajstić information content (AvgIpc) is 3.23. The van der Waals surface area contributed by atoms with Gasteiger partial charge in [0.05, 0.1) is 12.3 Å². The molecule has 2 aromatic rings. The SMILES string of the molecule is Nc1ccc(Sc2cccc(F)c2)nc1OCC1CC1. The maximum atomic E-state index is 13.2. The van der Waals surface area contributed by atoms with Crippen molar-refractivity contribution in [1.82, 2.24) is 4.98 Å². The first-order valence-corrected chi connectivity index (χ1v) is 7.35. The van der Waals surface area contributed by atoms with Crippen molar-refractivity contribution in [3.05, 3.63) is 42.2 Å². The molecule has 3 nitrogen and oxygen atoms in total. The Morgan fingerprint density at radius 2 is 2.15 bits per heavy atom. The maximum Gasteiger partial charge on any atom is 0.238 e. The summed E-state index contributed by atoms with van der Waals surface area (Å²) in [7, 11) is 0. The van der Waals surface area contributed by atoms with Gasteiger partial charge in [-0.15, -0.1) is 0 Å². The normalized spacial score (nSPS) is 14.2. The van der Waals surface area contributed by atoms with E-state index in [1.54, 1.807) is 12.1 Å². The molecular formula is C15H15FN2OS. The zero-order valence-electron chi connectivity index (χ0n) is 10.9. The summed E-state index contributed by atoms with van der Waals surface area (Å²) < 4.78 is 18.8. The Morgan fingerprint density at radius 3 is 2.90 bits per heavy atom. The Hall–Kier alpha value is -1.75. The number of hydrogen-bond acceptors (Lipinski definition) is 4. The zero-order chi connectivity index (χ0) is 13.9. The average molecular weight is 290 g/mol. The number of rotatable bonds is 5. The number of ether oxygens (including phenoxy) is 1. The van der Waals surface area contributed by atoms with Crippen molar-refractivity contribution in [3.8, 4) is 5.88 Å². The number of nitrogen functional groups attached to an aromatic ring is 1. The standard InChI is InChI=1S/C15H15FN2OS/c16-11-2-1-3-12(8-11)20-14-7-6-13(17)15(18-14)19-9-10-4-5-10/h1-3,6-8,10H,4-5,9,17H2. The molecule has 1 saturated carbocycles. The van der Waals surface area contributed by atoms with Crippen molar-refractivity contribution in [2.75, 3.05) is 12.3 Å². The van der Waals surface area contributed by atoms with E-state index >= 15 is 0 Å². The van der Waals surface area contributed by atoms with Crippen molar-refractivity contribution < 1.29 is 9.13 Å². The molecule has 0 bridgehead atoms. The highest BCUT2D eigenvalue weighted by Crippen LogP contribution is 2.32. The highest BCUT2D eigenvalue weighted by molar-refractivity contribution is 7.99. The summed E-state index contributed by atoms with van der Waals surface area (Å²) >= 11 is 1.39. The first-order chi connectivity index (χ1) is 9.70. The molecule has 0 amide bonds. The number of halogens is 1. The summed E-state index contributed by atoms with van der Waals surface area (Å²) in [6.45, 7) is 0.672. The maximum absolute atomic E-state index is 13.2. The molecule has 3 rings (SSSR count). The fraction of sp³-hybridized carbons (Fsp3) is 0.267. The molecule has 5 heteroatoms. The topological polar surface area (TPSA) is 48.1 Å². The van der Waals surface area contributed by atoms with Gasteiger partial charge >= 0.3 is 0 Å². The number of nitrogens with zero attached hydrogens (tertiary/aromatic N) is 1. The van der Waals surface area contributed by atoms with Crippen LogP contribution in [0.4, 0.5) is 10.1 Å². The minimum atomic E-state index is -0.254. The van der Waals surface area contributed by atoms with Crippen LogP contribution in [0.2, 0.25) is 0 Å². The van der Waals surface area contributed by atoms with E-state index in [9.17, 15) is 4.39 Å². The van der Waals surface area contributed by atoms with Crippen molar-refractivity contribution in [2.45, 2.75) is 22.8 Å². The smallest absolute Gasteiger partial charge is 0.238 e. The third kappa shape index (κ3) is 3.42. The van der Waals surface area contributed by atoms with E-state index in [1.165, 1.54) is 36.7 Å². The van der Waals surface area contributed by atoms with Crippen LogP contribution in [0.15, 0.2) is 46.3 Å². The zero-order valence-corrected chi connectivity index (χ0v) is 11.7. The Balaban J connectivity index is 1.73. The van der Waals surface area contributed by atoms with E-state index in [1.807, 2.05) is 12.1 Å². The second-order valence-electron chi connectivity index (χ2n) is 4.86. The monoisotopic (exact) mass is 290 g/mol. The molecule has 0 atom stereocenters. The largest absolute Gasteiger partial charge is 0.476 e. The van der Waals surface area contributed by atoms with Crippen molar-refractivity contribution in [3.63, 3.8) is 0 Å². The molecule has 2 N–H and O–H groups in total. The highest BCUT2D eigenvalue weighted by atomic mass is 32.2. The molecular weight excluding hydrogens is 275 g/mol. The fourth-order valence-electron chi connectivity index (χ4n) is 1.74. The number of benzene rings is 1. The summed E-state index contributed by atoms with van der Waals surface area (Å²) in [5.74, 6) is 0.865. The summed E-state index contributed by atoms with van der Waals surface area (Å²) in [5.41, 5.74) is 6.39. The van der Waals surface area contributed by atoms with Gasteiger partial charge in [-0.2, -0.15) is 0 Å². The molecule has 104 valence electrons. The lowest BCUT2D eigenvalue weighted by atomic mass is 10.4. The molecule has 0 spiro atoms. The Labute approximate surface area is 121 Å². The molecule has 0 aliphatic heterocycles. The number of nitrogens with two attached hydrogens (primary N) is 1. The molecule has 0 saturated heterocycles. The van der Waals surface area contributed by atoms with Gasteiger partial charge in [0, 0.05) is 4.90 Å². The van der Waals surface area contributed by atoms with E-state index in [0.29, 0.717) is 24.1 Å². The van der Waals surface area contributed by atoms with Crippen molar-refractivity contribution >= 4 is 17.4 Å². The van der Waals surface area contributed by atoms with Crippen LogP contribution in [-0.2, 0) is 0 Å². The molecule has 20 heavy (non-hydrogen) atoms. The summed E-state index contributed by atoms with van der Waals surface area (Å²) in [5, 5.41) is 0.746. The predicted octanol–water partition coefficient (Wildman–Crippen LogP) is 3.74. The summed E-state index contributed by atoms with van der Waals surface area (Å²) in [6, 6.07) is 10.0. The van der Waals surface area contributed by atoms with Crippen LogP contribution in [0, 0.1) is 11.7 Å². The Bertz CT molecular complexity index is 617. The van der Waals surface area contributed by atoms with Gasteiger partial charge in [0.1, 0.15) is 10.8 Å². The second kappa shape index (κ2) is 5.71. The molecule has 0 unspecified atom stereocenters. The van der Waals surface area contributed by atoms with Gasteiger partial charge in [0.2, 0.25) is 5.88 Å². The van der Waals surface area contributed by atoms with E-state index in [-0.39, 0.29) is 5.82 Å². The van der Waals surface area contributed by atoms with Gasteiger partial charge in [-0.05, 0) is 49.1 Å². The molecule has 1 aromatic heterocycles. The lowest BCUT2D eigenvalue weighted by Crippen LogP contribution is -2.04. The summed E-state index contributed by atoms with van der Waals surface area (Å²) in [4.78, 5) is 5.19. The second-order valence-corrected chi connectivity index (χ2v) is 5.95. The molecule has 1 aromatic carbocycles. The quantitative estimate of drug-likeness (QED) is 0.911. The number of hydrogen-bond donors (Lipinski definition) is 1. The van der Waals surface area contributed by atoms with Crippen LogP contribution < -0.4 is 10.5 Å². The molecule has 0 radical (unpaired) electrons. The van der Waals surface area contributed by atoms with E-state index in [2.05, 4.69) is 4.98 Å². The fourth-order valence-corrected chi connectivity index (χ4v) is 2.56. The number of anilines is 1. The van der Waals surface area contributed by atoms with Crippen molar-refractivity contribution in [2.24, 2.45) is 5.92 Å². The first kappa shape index (κ1) is 13.2. The summed E-state index contributed by atoms with van der Waals surface area (Å²) in [6.07, 6.45) is 2.44. The van der Waals surface area contributed by atoms with Crippen LogP contribution in [0.5, 0.6) is 5.88 Å². The van der Waals surface area contributed by atoms with E-state index in [4.69, 9.17) is 10.5 Å². The third-order valence-corrected chi connectivity index (χ3v) is 3.96. The highest BCUT2D eigenvalue weighted by Gasteiger charge is 2.22. The van der Waals surface area contributed by atoms with Gasteiger partial charge in [-0.1, -0.05) is 17.8 Å². The number of pyridine rings is 1. The van der Waals surface area contributed by atoms with Gasteiger partial charge in [-0.25, -0.2) is 9.37 Å². The lowest BCUT2D eigenvalue weighted by molar-refractivity contribution is 0.288. The van der Waals surface area contributed by atoms with Crippen LogP contribution >= 0.6 is 11.8 Å². The van der Waals surface area contributed by atoms with E-state index < -0.39 is 0 Å². The van der Waals surface area contributed by atoms with Gasteiger partial charge in [0.15, 0.2) is 0 Å². The van der Waals surface area contributed by atoms with Gasteiger partial charge in [-0.3, -0.25) is 0 Å². The molecule has 1 aliphatic carbocycles. The van der Waals surface area contributed by atoms with Crippen molar-refractivity contribution in [1.29, 1.82) is 0 Å². The van der Waals surface area contributed by atoms with Crippen LogP contribution in [0.1, 0.15) is 12.8 Å². The molecule has 1 aliphatic rings. The minimum absolute atomic E-state index is 0.254. The third-order valence-electron chi connectivity index (χ3n) is 3.04. The van der Waals surface area contributed by atoms with Crippen LogP contribution in [0.25, 0.3) is 0 Å². The molecule has 1 heterocycles. The Kier molecular flexibility index (Phi) is 3.78. The predicted molar refractivity (Wildman–Crippen MR) is 77.4 cm³/mol. The minimum Gasteiger partial charge on any atom is -0.476 e. The lowest BCUT2D eigenvalue weighted by Gasteiger charge is -2.09. The van der Waals surface area contributed by atoms with Crippen LogP contribution in [0.3, 0.4) is 0 Å². The first-order valence-electron chi connectivity index (χ1n) is 6.53. The number of aromatic nitrogens is 1. The van der Waals surface area contributed by atoms with E-state index in [0.717, 1.165) is 9.92 Å². The Morgan fingerprint density at radius 1 is 1.30 bits per heavy atom.